The predicted octanol–water partition coefficient (Wildman–Crippen LogP) is 2.20. The molecule has 0 spiro atoms. The number of allylic oxidation sites excluding steroid dienone is 3. The average molecular weight is 410 g/mol. The number of benzene rings is 1. The topological polar surface area (TPSA) is 76.4 Å². The van der Waals surface area contributed by atoms with Crippen LogP contribution < -0.4 is 0 Å². The Morgan fingerprint density at radius 1 is 1.10 bits per heavy atom. The zero-order chi connectivity index (χ0) is 20.9. The molecular formula is C24H31N3O3. The van der Waals surface area contributed by atoms with Crippen LogP contribution in [-0.2, 0) is 11.2 Å². The lowest BCUT2D eigenvalue weighted by atomic mass is 9.82. The number of carbonyl (C=O) groups is 1. The Balaban J connectivity index is 1.29. The molecule has 0 amide bonds. The number of aliphatic hydroxyl groups is 2. The number of aliphatic hydroxyl groups excluding tert-OH is 2. The van der Waals surface area contributed by atoms with Crippen molar-refractivity contribution in [2.75, 3.05) is 52.4 Å². The van der Waals surface area contributed by atoms with E-state index in [1.807, 2.05) is 0 Å². The second kappa shape index (κ2) is 9.69. The van der Waals surface area contributed by atoms with Gasteiger partial charge in [-0.05, 0) is 29.0 Å². The molecule has 1 saturated heterocycles. The van der Waals surface area contributed by atoms with Gasteiger partial charge in [-0.25, -0.2) is 0 Å². The highest BCUT2D eigenvalue weighted by molar-refractivity contribution is 6.14. The van der Waals surface area contributed by atoms with Crippen molar-refractivity contribution in [3.05, 3.63) is 52.3 Å². The summed E-state index contributed by atoms with van der Waals surface area (Å²) in [4.78, 5) is 21.7. The SMILES string of the molecule is O=C1CC(c2ccc3c(c2)CC=C3)CC(O)=C1C=NCCN1CCN(CCO)CC1. The van der Waals surface area contributed by atoms with Gasteiger partial charge in [-0.15, -0.1) is 0 Å². The van der Waals surface area contributed by atoms with Crippen LogP contribution >= 0.6 is 0 Å². The molecule has 6 nitrogen and oxygen atoms in total. The fourth-order valence-corrected chi connectivity index (χ4v) is 4.56. The first-order valence-electron chi connectivity index (χ1n) is 10.9. The predicted molar refractivity (Wildman–Crippen MR) is 119 cm³/mol. The van der Waals surface area contributed by atoms with Gasteiger partial charge in [0, 0.05) is 58.3 Å². The maximum absolute atomic E-state index is 12.7. The van der Waals surface area contributed by atoms with Gasteiger partial charge >= 0.3 is 0 Å². The fourth-order valence-electron chi connectivity index (χ4n) is 4.56. The molecular weight excluding hydrogens is 378 g/mol. The van der Waals surface area contributed by atoms with E-state index < -0.39 is 0 Å². The first-order valence-corrected chi connectivity index (χ1v) is 10.9. The van der Waals surface area contributed by atoms with Crippen molar-refractivity contribution in [1.82, 2.24) is 9.80 Å². The normalized spacial score (nSPS) is 23.0. The molecule has 1 atom stereocenters. The smallest absolute Gasteiger partial charge is 0.168 e. The van der Waals surface area contributed by atoms with Crippen molar-refractivity contribution in [2.45, 2.75) is 25.2 Å². The van der Waals surface area contributed by atoms with Crippen LogP contribution in [0.1, 0.15) is 35.4 Å². The van der Waals surface area contributed by atoms with E-state index >= 15 is 0 Å². The maximum atomic E-state index is 12.7. The Labute approximate surface area is 178 Å². The van der Waals surface area contributed by atoms with E-state index in [0.717, 1.165) is 51.3 Å². The molecule has 0 radical (unpaired) electrons. The first kappa shape index (κ1) is 21.0. The Morgan fingerprint density at radius 3 is 2.60 bits per heavy atom. The Morgan fingerprint density at radius 2 is 1.87 bits per heavy atom. The summed E-state index contributed by atoms with van der Waals surface area (Å²) in [7, 11) is 0. The zero-order valence-electron chi connectivity index (χ0n) is 17.5. The molecule has 4 rings (SSSR count). The largest absolute Gasteiger partial charge is 0.511 e. The minimum atomic E-state index is -0.0243. The number of aliphatic imine (C=N–C) groups is 1. The van der Waals surface area contributed by atoms with Gasteiger partial charge in [0.25, 0.3) is 0 Å². The van der Waals surface area contributed by atoms with Crippen molar-refractivity contribution < 1.29 is 15.0 Å². The minimum Gasteiger partial charge on any atom is -0.511 e. The third kappa shape index (κ3) is 4.89. The summed E-state index contributed by atoms with van der Waals surface area (Å²) in [5, 5.41) is 19.5. The molecule has 1 aliphatic heterocycles. The van der Waals surface area contributed by atoms with Gasteiger partial charge in [-0.3, -0.25) is 19.6 Å². The molecule has 1 fully saturated rings. The van der Waals surface area contributed by atoms with Crippen LogP contribution in [0.25, 0.3) is 6.08 Å². The summed E-state index contributed by atoms with van der Waals surface area (Å²) in [6.07, 6.45) is 7.71. The fraction of sp³-hybridized carbons (Fsp3) is 0.500. The minimum absolute atomic E-state index is 0.0243. The highest BCUT2D eigenvalue weighted by atomic mass is 16.3. The molecule has 1 aromatic carbocycles. The molecule has 3 aliphatic rings. The molecule has 1 unspecified atom stereocenters. The van der Waals surface area contributed by atoms with Crippen LogP contribution in [0.4, 0.5) is 0 Å². The summed E-state index contributed by atoms with van der Waals surface area (Å²) in [6.45, 7) is 6.29. The highest BCUT2D eigenvalue weighted by Gasteiger charge is 2.28. The number of ketones is 1. The molecule has 160 valence electrons. The number of hydrogen-bond acceptors (Lipinski definition) is 6. The van der Waals surface area contributed by atoms with E-state index in [0.29, 0.717) is 25.0 Å². The quantitative estimate of drug-likeness (QED) is 0.675. The van der Waals surface area contributed by atoms with Crippen LogP contribution in [-0.4, -0.2) is 84.4 Å². The van der Waals surface area contributed by atoms with Crippen molar-refractivity contribution in [2.24, 2.45) is 4.99 Å². The van der Waals surface area contributed by atoms with Gasteiger partial charge in [-0.1, -0.05) is 30.4 Å². The van der Waals surface area contributed by atoms with E-state index in [9.17, 15) is 9.90 Å². The lowest BCUT2D eigenvalue weighted by Crippen LogP contribution is -2.47. The van der Waals surface area contributed by atoms with E-state index in [2.05, 4.69) is 45.1 Å². The molecule has 0 saturated carbocycles. The average Bonchev–Trinajstić information content (AvgIpc) is 3.22. The number of rotatable bonds is 7. The third-order valence-electron chi connectivity index (χ3n) is 6.40. The van der Waals surface area contributed by atoms with Crippen molar-refractivity contribution in [1.29, 1.82) is 0 Å². The zero-order valence-corrected chi connectivity index (χ0v) is 17.5. The molecule has 1 heterocycles. The van der Waals surface area contributed by atoms with Gasteiger partial charge in [0.05, 0.1) is 18.7 Å². The number of β-amino-alcohol motifs (C(OH)–C–C–N with tert-alkyl or cyclic N) is 1. The van der Waals surface area contributed by atoms with Gasteiger partial charge < -0.3 is 10.2 Å². The van der Waals surface area contributed by atoms with Crippen molar-refractivity contribution >= 4 is 18.1 Å². The monoisotopic (exact) mass is 409 g/mol. The number of hydrogen-bond donors (Lipinski definition) is 2. The Kier molecular flexibility index (Phi) is 6.77. The van der Waals surface area contributed by atoms with Crippen molar-refractivity contribution in [3.63, 3.8) is 0 Å². The third-order valence-corrected chi connectivity index (χ3v) is 6.40. The maximum Gasteiger partial charge on any atom is 0.168 e. The molecule has 30 heavy (non-hydrogen) atoms. The molecule has 0 aromatic heterocycles. The first-order chi connectivity index (χ1) is 14.6. The van der Waals surface area contributed by atoms with E-state index in [4.69, 9.17) is 5.11 Å². The molecule has 6 heteroatoms. The highest BCUT2D eigenvalue weighted by Crippen LogP contribution is 2.35. The molecule has 1 aromatic rings. The lowest BCUT2D eigenvalue weighted by molar-refractivity contribution is -0.116. The molecule has 2 aliphatic carbocycles. The number of piperazine rings is 1. The van der Waals surface area contributed by atoms with Gasteiger partial charge in [0.1, 0.15) is 5.76 Å². The lowest BCUT2D eigenvalue weighted by Gasteiger charge is -2.33. The number of fused-ring (bicyclic) bond motifs is 1. The van der Waals surface area contributed by atoms with Crippen LogP contribution in [0.15, 0.2) is 40.6 Å². The Bertz CT molecular complexity index is 866. The van der Waals surface area contributed by atoms with E-state index in [1.165, 1.54) is 11.1 Å². The van der Waals surface area contributed by atoms with Gasteiger partial charge in [0.2, 0.25) is 0 Å². The summed E-state index contributed by atoms with van der Waals surface area (Å²) in [6, 6.07) is 6.37. The standard InChI is InChI=1S/C24H31N3O3/c28-13-12-27-10-8-26(9-11-27)7-6-25-17-22-23(29)15-21(16-24(22)30)20-5-4-18-2-1-3-19(18)14-20/h1-2,4-5,14,17,21,28-29H,3,6-13,15-16H2. The number of nitrogens with zero attached hydrogens (tertiary/aromatic N) is 3. The van der Waals surface area contributed by atoms with E-state index in [-0.39, 0.29) is 24.1 Å². The second-order valence-electron chi connectivity index (χ2n) is 8.40. The summed E-state index contributed by atoms with van der Waals surface area (Å²) < 4.78 is 0. The molecule has 0 bridgehead atoms. The van der Waals surface area contributed by atoms with Crippen molar-refractivity contribution in [3.8, 4) is 0 Å². The van der Waals surface area contributed by atoms with Crippen LogP contribution in [0.2, 0.25) is 0 Å². The van der Waals surface area contributed by atoms with Gasteiger partial charge in [0.15, 0.2) is 5.78 Å². The van der Waals surface area contributed by atoms with Crippen LogP contribution in [0.3, 0.4) is 0 Å². The van der Waals surface area contributed by atoms with Crippen LogP contribution in [0.5, 0.6) is 0 Å². The number of Topliss-reactive ketones (excluding diaryl/α,β-unsaturated/α-hetero) is 1. The summed E-state index contributed by atoms with van der Waals surface area (Å²) in [5.41, 5.74) is 4.06. The number of carbonyl (C=O) groups excluding carboxylic acids is 1. The Hall–Kier alpha value is -2.28. The van der Waals surface area contributed by atoms with E-state index in [1.54, 1.807) is 6.21 Å². The summed E-state index contributed by atoms with van der Waals surface area (Å²) in [5.74, 6) is 0.177. The summed E-state index contributed by atoms with van der Waals surface area (Å²) >= 11 is 0. The molecule has 2 N–H and O–H groups in total. The second-order valence-corrected chi connectivity index (χ2v) is 8.40. The van der Waals surface area contributed by atoms with Crippen LogP contribution in [0, 0.1) is 0 Å². The van der Waals surface area contributed by atoms with Gasteiger partial charge in [-0.2, -0.15) is 0 Å².